The van der Waals surface area contributed by atoms with Crippen molar-refractivity contribution in [2.75, 3.05) is 6.54 Å². The average molecular weight is 531 g/mol. The van der Waals surface area contributed by atoms with E-state index in [2.05, 4.69) is 5.32 Å². The Hall–Kier alpha value is -3.38. The SMILES string of the molecule is O=C(N[C@@H](Cc1ccccc1)[C@@H](O)CN(OC1CCCC1)S(=O)(=O)c1cccc(O)c1)Oc1ccoc1. The van der Waals surface area contributed by atoms with Gasteiger partial charge in [-0.15, -0.1) is 0 Å². The molecule has 0 saturated heterocycles. The topological polar surface area (TPSA) is 139 Å². The molecule has 3 N–H and O–H groups in total. The summed E-state index contributed by atoms with van der Waals surface area (Å²) in [4.78, 5) is 18.3. The number of phenols is 1. The van der Waals surface area contributed by atoms with Crippen molar-refractivity contribution in [1.29, 1.82) is 0 Å². The number of hydrogen-bond donors (Lipinski definition) is 3. The molecule has 2 aromatic carbocycles. The maximum absolute atomic E-state index is 13.5. The van der Waals surface area contributed by atoms with Crippen molar-refractivity contribution in [1.82, 2.24) is 9.79 Å². The lowest BCUT2D eigenvalue weighted by Gasteiger charge is -2.30. The van der Waals surface area contributed by atoms with Crippen molar-refractivity contribution in [3.05, 3.63) is 78.8 Å². The Morgan fingerprint density at radius 3 is 2.54 bits per heavy atom. The molecule has 0 aliphatic heterocycles. The highest BCUT2D eigenvalue weighted by Gasteiger charge is 2.34. The van der Waals surface area contributed by atoms with E-state index in [9.17, 15) is 23.4 Å². The third-order valence-electron chi connectivity index (χ3n) is 6.06. The standard InChI is InChI=1S/C26H30N2O8S/c29-20-9-6-12-23(16-20)37(32,33)28(36-21-10-4-5-11-21)17-25(30)24(15-19-7-2-1-3-8-19)27-26(31)35-22-13-14-34-18-22/h1-3,6-9,12-14,16,18,21,24-25,29-30H,4-5,10-11,15,17H2,(H,27,31)/t24-,25-/m0/s1. The second-order valence-electron chi connectivity index (χ2n) is 8.86. The molecule has 1 heterocycles. The number of ether oxygens (including phenoxy) is 1. The number of nitrogens with one attached hydrogen (secondary N) is 1. The number of furan rings is 1. The van der Waals surface area contributed by atoms with Gasteiger partial charge in [0.2, 0.25) is 0 Å². The van der Waals surface area contributed by atoms with Gasteiger partial charge in [-0.05, 0) is 43.0 Å². The van der Waals surface area contributed by atoms with E-state index < -0.39 is 34.8 Å². The molecule has 0 radical (unpaired) electrons. The number of hydrogen-bond acceptors (Lipinski definition) is 8. The zero-order valence-electron chi connectivity index (χ0n) is 20.1. The third kappa shape index (κ3) is 7.32. The largest absolute Gasteiger partial charge is 0.508 e. The first-order valence-electron chi connectivity index (χ1n) is 12.0. The minimum absolute atomic E-state index is 0.176. The minimum Gasteiger partial charge on any atom is -0.508 e. The van der Waals surface area contributed by atoms with Crippen LogP contribution in [0.4, 0.5) is 4.79 Å². The summed E-state index contributed by atoms with van der Waals surface area (Å²) >= 11 is 0. The van der Waals surface area contributed by atoms with Crippen molar-refractivity contribution in [2.45, 2.75) is 55.2 Å². The van der Waals surface area contributed by atoms with E-state index in [-0.39, 0.29) is 28.9 Å². The average Bonchev–Trinajstić information content (AvgIpc) is 3.58. The van der Waals surface area contributed by atoms with Crippen LogP contribution in [0.5, 0.6) is 11.5 Å². The van der Waals surface area contributed by atoms with E-state index in [1.807, 2.05) is 30.3 Å². The fraction of sp³-hybridized carbons (Fsp3) is 0.346. The van der Waals surface area contributed by atoms with Crippen LogP contribution in [0.25, 0.3) is 0 Å². The van der Waals surface area contributed by atoms with Crippen molar-refractivity contribution < 1.29 is 37.4 Å². The summed E-state index contributed by atoms with van der Waals surface area (Å²) in [6.45, 7) is -0.460. The monoisotopic (exact) mass is 530 g/mol. The third-order valence-corrected chi connectivity index (χ3v) is 7.68. The fourth-order valence-electron chi connectivity index (χ4n) is 4.15. The number of carbonyl (C=O) groups excluding carboxylic acids is 1. The lowest BCUT2D eigenvalue weighted by atomic mass is 10.0. The molecule has 1 amide bonds. The van der Waals surface area contributed by atoms with E-state index in [0.29, 0.717) is 12.8 Å². The predicted molar refractivity (Wildman–Crippen MR) is 133 cm³/mol. The number of benzene rings is 2. The molecule has 1 fully saturated rings. The summed E-state index contributed by atoms with van der Waals surface area (Å²) in [5, 5.41) is 23.7. The quantitative estimate of drug-likeness (QED) is 0.320. The number of aliphatic hydroxyl groups excluding tert-OH is 1. The predicted octanol–water partition coefficient (Wildman–Crippen LogP) is 3.61. The van der Waals surface area contributed by atoms with Gasteiger partial charge in [0.25, 0.3) is 10.0 Å². The molecule has 1 aromatic heterocycles. The molecule has 0 unspecified atom stereocenters. The number of aromatic hydroxyl groups is 1. The normalized spacial score (nSPS) is 15.9. The Labute approximate surface area is 215 Å². The molecule has 0 spiro atoms. The summed E-state index contributed by atoms with van der Waals surface area (Å²) in [5.74, 6) is -0.0313. The van der Waals surface area contributed by atoms with Gasteiger partial charge in [-0.3, -0.25) is 4.84 Å². The lowest BCUT2D eigenvalue weighted by Crippen LogP contribution is -2.51. The highest BCUT2D eigenvalue weighted by molar-refractivity contribution is 7.89. The molecular weight excluding hydrogens is 500 g/mol. The zero-order valence-corrected chi connectivity index (χ0v) is 20.9. The van der Waals surface area contributed by atoms with Crippen molar-refractivity contribution >= 4 is 16.1 Å². The first-order valence-corrected chi connectivity index (χ1v) is 13.5. The minimum atomic E-state index is -4.25. The van der Waals surface area contributed by atoms with Crippen LogP contribution < -0.4 is 10.1 Å². The van der Waals surface area contributed by atoms with Gasteiger partial charge in [-0.25, -0.2) is 13.2 Å². The number of rotatable bonds is 11. The first-order chi connectivity index (χ1) is 17.8. The van der Waals surface area contributed by atoms with Gasteiger partial charge in [0.15, 0.2) is 5.75 Å². The van der Waals surface area contributed by atoms with E-state index in [4.69, 9.17) is 14.0 Å². The number of sulfonamides is 1. The Morgan fingerprint density at radius 1 is 1.11 bits per heavy atom. The summed E-state index contributed by atoms with van der Waals surface area (Å²) in [7, 11) is -4.25. The number of phenolic OH excluding ortho intramolecular Hbond substituents is 1. The van der Waals surface area contributed by atoms with Crippen LogP contribution in [0.15, 0.2) is 82.5 Å². The van der Waals surface area contributed by atoms with Crippen LogP contribution in [0, 0.1) is 0 Å². The number of carbonyl (C=O) groups is 1. The molecule has 37 heavy (non-hydrogen) atoms. The highest BCUT2D eigenvalue weighted by Crippen LogP contribution is 2.27. The number of aliphatic hydroxyl groups is 1. The molecule has 198 valence electrons. The zero-order chi connectivity index (χ0) is 26.3. The smallest absolute Gasteiger partial charge is 0.413 e. The molecule has 4 rings (SSSR count). The van der Waals surface area contributed by atoms with Crippen LogP contribution in [0.3, 0.4) is 0 Å². The maximum atomic E-state index is 13.5. The van der Waals surface area contributed by atoms with Crippen molar-refractivity contribution in [3.63, 3.8) is 0 Å². The summed E-state index contributed by atoms with van der Waals surface area (Å²) in [5.41, 5.74) is 0.814. The van der Waals surface area contributed by atoms with Crippen LogP contribution >= 0.6 is 0 Å². The lowest BCUT2D eigenvalue weighted by molar-refractivity contribution is -0.145. The van der Waals surface area contributed by atoms with Gasteiger partial charge in [-0.2, -0.15) is 0 Å². The Morgan fingerprint density at radius 2 is 1.86 bits per heavy atom. The molecule has 3 aromatic rings. The van der Waals surface area contributed by atoms with Crippen LogP contribution in [0.1, 0.15) is 31.2 Å². The Balaban J connectivity index is 1.56. The molecule has 1 saturated carbocycles. The molecule has 0 bridgehead atoms. The van der Waals surface area contributed by atoms with Gasteiger partial charge in [-0.1, -0.05) is 53.7 Å². The van der Waals surface area contributed by atoms with Gasteiger partial charge >= 0.3 is 6.09 Å². The van der Waals surface area contributed by atoms with Crippen LogP contribution in [0.2, 0.25) is 0 Å². The van der Waals surface area contributed by atoms with E-state index in [1.54, 1.807) is 0 Å². The van der Waals surface area contributed by atoms with Crippen LogP contribution in [-0.4, -0.2) is 54.0 Å². The second kappa shape index (κ2) is 12.2. The molecule has 1 aliphatic carbocycles. The Kier molecular flexibility index (Phi) is 8.82. The van der Waals surface area contributed by atoms with Gasteiger partial charge in [0, 0.05) is 6.07 Å². The van der Waals surface area contributed by atoms with Gasteiger partial charge < -0.3 is 24.7 Å². The maximum Gasteiger partial charge on any atom is 0.413 e. The van der Waals surface area contributed by atoms with Gasteiger partial charge in [0.05, 0.1) is 36.0 Å². The van der Waals surface area contributed by atoms with E-state index >= 15 is 0 Å². The Bertz CT molecular complexity index is 1240. The number of nitrogens with zero attached hydrogens (tertiary/aromatic N) is 1. The summed E-state index contributed by atoms with van der Waals surface area (Å²) in [6.07, 6.45) is 3.46. The molecule has 10 nitrogen and oxygen atoms in total. The number of hydroxylamine groups is 1. The molecular formula is C26H30N2O8S. The fourth-order valence-corrected chi connectivity index (χ4v) is 5.49. The summed E-state index contributed by atoms with van der Waals surface area (Å²) < 4.78 is 37.8. The van der Waals surface area contributed by atoms with E-state index in [0.717, 1.165) is 28.9 Å². The number of amides is 1. The molecule has 1 aliphatic rings. The van der Waals surface area contributed by atoms with Crippen LogP contribution in [-0.2, 0) is 21.3 Å². The second-order valence-corrected chi connectivity index (χ2v) is 10.7. The molecule has 2 atom stereocenters. The molecule has 11 heteroatoms. The first kappa shape index (κ1) is 26.7. The van der Waals surface area contributed by atoms with Gasteiger partial charge in [0.1, 0.15) is 12.0 Å². The van der Waals surface area contributed by atoms with E-state index in [1.165, 1.54) is 36.8 Å². The highest BCUT2D eigenvalue weighted by atomic mass is 32.2. The summed E-state index contributed by atoms with van der Waals surface area (Å²) in [6, 6.07) is 14.9. The van der Waals surface area contributed by atoms with Crippen molar-refractivity contribution in [3.8, 4) is 11.5 Å². The van der Waals surface area contributed by atoms with Crippen molar-refractivity contribution in [2.24, 2.45) is 0 Å².